The Labute approximate surface area is 121 Å². The molecule has 1 aromatic rings. The Morgan fingerprint density at radius 2 is 1.85 bits per heavy atom. The van der Waals surface area contributed by atoms with Gasteiger partial charge in [-0.2, -0.15) is 4.31 Å². The summed E-state index contributed by atoms with van der Waals surface area (Å²) in [7, 11) is -4.12. The third-order valence-corrected chi connectivity index (χ3v) is 4.68. The number of nitrogens with zero attached hydrogens (tertiary/aromatic N) is 1. The van der Waals surface area contributed by atoms with Gasteiger partial charge in [-0.15, -0.1) is 0 Å². The number of hydrogen-bond donors (Lipinski definition) is 3. The molecule has 4 N–H and O–H groups in total. The molecule has 0 atom stereocenters. The Hall–Kier alpha value is -1.13. The van der Waals surface area contributed by atoms with E-state index in [9.17, 15) is 12.8 Å². The maximum absolute atomic E-state index is 13.7. The quantitative estimate of drug-likeness (QED) is 0.581. The van der Waals surface area contributed by atoms with Gasteiger partial charge < -0.3 is 15.9 Å². The monoisotopic (exact) mass is 322 g/mol. The van der Waals surface area contributed by atoms with E-state index in [-0.39, 0.29) is 28.5 Å². The molecule has 0 heterocycles. The number of sulfonamides is 1. The third kappa shape index (κ3) is 3.49. The van der Waals surface area contributed by atoms with Crippen molar-refractivity contribution in [1.82, 2.24) is 4.31 Å². The Bertz CT molecular complexity index is 586. The Kier molecular flexibility index (Phi) is 5.96. The Morgan fingerprint density at radius 3 is 2.30 bits per heavy atom. The van der Waals surface area contributed by atoms with Crippen LogP contribution < -0.4 is 5.73 Å². The minimum absolute atomic E-state index is 0.226. The topological polar surface area (TPSA) is 104 Å². The second-order valence-electron chi connectivity index (χ2n) is 3.83. The average molecular weight is 322 g/mol. The normalized spacial score (nSPS) is 11.8. The highest BCUT2D eigenvalue weighted by molar-refractivity contribution is 7.89. The van der Waals surface area contributed by atoms with Crippen LogP contribution in [0.3, 0.4) is 0 Å². The van der Waals surface area contributed by atoms with Crippen LogP contribution in [0.5, 0.6) is 0 Å². The maximum atomic E-state index is 13.7. The number of rotatable bonds is 7. The van der Waals surface area contributed by atoms with Gasteiger partial charge in [0.25, 0.3) is 0 Å². The van der Waals surface area contributed by atoms with E-state index in [1.807, 2.05) is 0 Å². The zero-order valence-electron chi connectivity index (χ0n) is 10.5. The molecule has 1 rings (SSSR count). The molecule has 0 unspecified atom stereocenters. The van der Waals surface area contributed by atoms with Crippen molar-refractivity contribution < 1.29 is 23.0 Å². The highest BCUT2D eigenvalue weighted by atomic mass is 32.2. The SMILES string of the molecule is NC(=S)c1c(F)cccc1S(=O)(=O)N(CCO)CCO. The Morgan fingerprint density at radius 1 is 1.30 bits per heavy atom. The number of thiocarbonyl (C=S) groups is 1. The minimum atomic E-state index is -4.12. The predicted octanol–water partition coefficient (Wildman–Crippen LogP) is -0.565. The molecule has 0 aliphatic carbocycles. The third-order valence-electron chi connectivity index (χ3n) is 2.54. The lowest BCUT2D eigenvalue weighted by Crippen LogP contribution is -2.37. The highest BCUT2D eigenvalue weighted by Crippen LogP contribution is 2.22. The summed E-state index contributed by atoms with van der Waals surface area (Å²) in [4.78, 5) is -0.762. The maximum Gasteiger partial charge on any atom is 0.244 e. The molecule has 112 valence electrons. The van der Waals surface area contributed by atoms with E-state index in [0.29, 0.717) is 0 Å². The predicted molar refractivity (Wildman–Crippen MR) is 75.2 cm³/mol. The smallest absolute Gasteiger partial charge is 0.244 e. The van der Waals surface area contributed by atoms with Gasteiger partial charge in [0.1, 0.15) is 10.8 Å². The molecular formula is C11H15FN2O4S2. The van der Waals surface area contributed by atoms with Crippen LogP contribution in [-0.2, 0) is 10.0 Å². The molecule has 0 aliphatic heterocycles. The van der Waals surface area contributed by atoms with Gasteiger partial charge >= 0.3 is 0 Å². The van der Waals surface area contributed by atoms with Crippen LogP contribution in [0, 0.1) is 5.82 Å². The van der Waals surface area contributed by atoms with Crippen LogP contribution >= 0.6 is 12.2 Å². The summed E-state index contributed by atoms with van der Waals surface area (Å²) in [6, 6.07) is 3.45. The summed E-state index contributed by atoms with van der Waals surface area (Å²) in [5, 5.41) is 17.8. The van der Waals surface area contributed by atoms with Gasteiger partial charge in [0.05, 0.1) is 23.7 Å². The molecule has 0 bridgehead atoms. The van der Waals surface area contributed by atoms with Crippen molar-refractivity contribution in [2.45, 2.75) is 4.90 Å². The number of aliphatic hydroxyl groups excluding tert-OH is 2. The first-order valence-electron chi connectivity index (χ1n) is 5.66. The number of benzene rings is 1. The summed E-state index contributed by atoms with van der Waals surface area (Å²) >= 11 is 4.68. The van der Waals surface area contributed by atoms with E-state index < -0.39 is 29.1 Å². The highest BCUT2D eigenvalue weighted by Gasteiger charge is 2.28. The zero-order chi connectivity index (χ0) is 15.3. The van der Waals surface area contributed by atoms with E-state index in [2.05, 4.69) is 12.2 Å². The molecule has 0 radical (unpaired) electrons. The summed E-state index contributed by atoms with van der Waals surface area (Å²) < 4.78 is 39.4. The molecule has 0 aromatic heterocycles. The van der Waals surface area contributed by atoms with Crippen molar-refractivity contribution in [3.05, 3.63) is 29.6 Å². The van der Waals surface area contributed by atoms with Crippen LogP contribution in [0.25, 0.3) is 0 Å². The Balaban J connectivity index is 3.41. The number of hydrogen-bond acceptors (Lipinski definition) is 5. The molecule has 6 nitrogen and oxygen atoms in total. The largest absolute Gasteiger partial charge is 0.395 e. The van der Waals surface area contributed by atoms with Crippen molar-refractivity contribution >= 4 is 27.2 Å². The lowest BCUT2D eigenvalue weighted by Gasteiger charge is -2.21. The van der Waals surface area contributed by atoms with Gasteiger partial charge in [0.2, 0.25) is 10.0 Å². The first kappa shape index (κ1) is 16.9. The lowest BCUT2D eigenvalue weighted by molar-refractivity contribution is 0.217. The number of nitrogens with two attached hydrogens (primary N) is 1. The van der Waals surface area contributed by atoms with E-state index in [1.165, 1.54) is 12.1 Å². The second kappa shape index (κ2) is 7.04. The fraction of sp³-hybridized carbons (Fsp3) is 0.364. The van der Waals surface area contributed by atoms with Crippen molar-refractivity contribution in [2.75, 3.05) is 26.3 Å². The summed E-state index contributed by atoms with van der Waals surface area (Å²) in [5.41, 5.74) is 5.00. The lowest BCUT2D eigenvalue weighted by atomic mass is 10.2. The number of aliphatic hydroxyl groups is 2. The van der Waals surface area contributed by atoms with E-state index in [1.54, 1.807) is 0 Å². The van der Waals surface area contributed by atoms with Crippen LogP contribution in [-0.4, -0.2) is 54.2 Å². The van der Waals surface area contributed by atoms with E-state index in [4.69, 9.17) is 15.9 Å². The van der Waals surface area contributed by atoms with Crippen molar-refractivity contribution in [2.24, 2.45) is 5.73 Å². The van der Waals surface area contributed by atoms with Gasteiger partial charge in [-0.05, 0) is 12.1 Å². The molecular weight excluding hydrogens is 307 g/mol. The average Bonchev–Trinajstić information content (AvgIpc) is 2.37. The standard InChI is InChI=1S/C11H15FN2O4S2/c12-8-2-1-3-9(10(8)11(13)19)20(17,18)14(4-6-15)5-7-16/h1-3,15-16H,4-7H2,(H2,13,19). The van der Waals surface area contributed by atoms with E-state index >= 15 is 0 Å². The van der Waals surface area contributed by atoms with Gasteiger partial charge in [-0.3, -0.25) is 0 Å². The van der Waals surface area contributed by atoms with Crippen LogP contribution in [0.15, 0.2) is 23.1 Å². The van der Waals surface area contributed by atoms with Gasteiger partial charge in [0, 0.05) is 13.1 Å². The molecule has 0 spiro atoms. The fourth-order valence-corrected chi connectivity index (χ4v) is 3.58. The molecule has 9 heteroatoms. The van der Waals surface area contributed by atoms with E-state index in [0.717, 1.165) is 10.4 Å². The minimum Gasteiger partial charge on any atom is -0.395 e. The molecule has 0 saturated carbocycles. The van der Waals surface area contributed by atoms with Crippen molar-refractivity contribution in [3.63, 3.8) is 0 Å². The van der Waals surface area contributed by atoms with Gasteiger partial charge in [-0.1, -0.05) is 18.3 Å². The van der Waals surface area contributed by atoms with Gasteiger partial charge in [0.15, 0.2) is 0 Å². The first-order chi connectivity index (χ1) is 9.36. The number of halogens is 1. The fourth-order valence-electron chi connectivity index (χ4n) is 1.67. The summed E-state index contributed by atoms with van der Waals surface area (Å²) in [6.45, 7) is -1.32. The molecule has 0 fully saturated rings. The first-order valence-corrected chi connectivity index (χ1v) is 7.51. The van der Waals surface area contributed by atoms with Crippen molar-refractivity contribution in [3.8, 4) is 0 Å². The van der Waals surface area contributed by atoms with Gasteiger partial charge in [-0.25, -0.2) is 12.8 Å². The summed E-state index contributed by atoms with van der Waals surface area (Å²) in [6.07, 6.45) is 0. The zero-order valence-corrected chi connectivity index (χ0v) is 12.1. The summed E-state index contributed by atoms with van der Waals surface area (Å²) in [5.74, 6) is -0.841. The van der Waals surface area contributed by atoms with Crippen LogP contribution in [0.1, 0.15) is 5.56 Å². The van der Waals surface area contributed by atoms with Crippen LogP contribution in [0.4, 0.5) is 4.39 Å². The second-order valence-corrected chi connectivity index (χ2v) is 6.17. The van der Waals surface area contributed by atoms with Crippen molar-refractivity contribution in [1.29, 1.82) is 0 Å². The molecule has 0 aliphatic rings. The molecule has 0 saturated heterocycles. The molecule has 20 heavy (non-hydrogen) atoms. The van der Waals surface area contributed by atoms with Crippen LogP contribution in [0.2, 0.25) is 0 Å². The molecule has 0 amide bonds. The molecule has 1 aromatic carbocycles.